The molecule has 0 radical (unpaired) electrons. The summed E-state index contributed by atoms with van der Waals surface area (Å²) in [5.74, 6) is 2.20. The number of aryl methyl sites for hydroxylation is 1. The predicted octanol–water partition coefficient (Wildman–Crippen LogP) is 3.71. The maximum Gasteiger partial charge on any atom is 0.244 e. The number of nitrogens with zero attached hydrogens (tertiary/aromatic N) is 3. The lowest BCUT2D eigenvalue weighted by Crippen LogP contribution is -2.33. The van der Waals surface area contributed by atoms with E-state index in [4.69, 9.17) is 14.0 Å². The number of sulfonamides is 1. The van der Waals surface area contributed by atoms with E-state index in [0.29, 0.717) is 43.0 Å². The van der Waals surface area contributed by atoms with E-state index in [9.17, 15) is 8.42 Å². The van der Waals surface area contributed by atoms with Crippen molar-refractivity contribution >= 4 is 10.0 Å². The van der Waals surface area contributed by atoms with Crippen LogP contribution in [0.2, 0.25) is 0 Å². The highest BCUT2D eigenvalue weighted by atomic mass is 32.2. The molecule has 1 aromatic heterocycles. The van der Waals surface area contributed by atoms with Crippen LogP contribution in [-0.2, 0) is 22.9 Å². The van der Waals surface area contributed by atoms with Crippen LogP contribution in [0.3, 0.4) is 0 Å². The second kappa shape index (κ2) is 12.3. The number of fused-ring (bicyclic) bond motifs is 1. The SMILES string of the molecule is CCN(CC)CCCS(=O)(=O)N[C@H](CCc1ccccc1)c1nc(Cc2ccc3c(c2)OCO3)no1. The van der Waals surface area contributed by atoms with Crippen molar-refractivity contribution in [2.75, 3.05) is 32.2 Å². The van der Waals surface area contributed by atoms with E-state index in [2.05, 4.69) is 33.6 Å². The summed E-state index contributed by atoms with van der Waals surface area (Å²) in [5.41, 5.74) is 2.06. The van der Waals surface area contributed by atoms with Gasteiger partial charge in [0.25, 0.3) is 0 Å². The molecule has 1 N–H and O–H groups in total. The lowest BCUT2D eigenvalue weighted by atomic mass is 10.1. The molecule has 3 aromatic rings. The quantitative estimate of drug-likeness (QED) is 0.347. The van der Waals surface area contributed by atoms with Gasteiger partial charge in [-0.05, 0) is 62.2 Å². The third kappa shape index (κ3) is 7.28. The minimum absolute atomic E-state index is 0.0452. The third-order valence-corrected chi connectivity index (χ3v) is 7.72. The van der Waals surface area contributed by atoms with Crippen LogP contribution in [-0.4, -0.2) is 55.6 Å². The Morgan fingerprint density at radius 2 is 1.81 bits per heavy atom. The van der Waals surface area contributed by atoms with Gasteiger partial charge < -0.3 is 18.9 Å². The molecule has 1 aliphatic heterocycles. The Morgan fingerprint density at radius 1 is 1.03 bits per heavy atom. The zero-order valence-electron chi connectivity index (χ0n) is 20.9. The molecule has 10 heteroatoms. The third-order valence-electron chi connectivity index (χ3n) is 6.25. The molecule has 194 valence electrons. The molecule has 0 bridgehead atoms. The molecule has 0 saturated heterocycles. The molecule has 2 aromatic carbocycles. The first-order chi connectivity index (χ1) is 17.5. The standard InChI is InChI=1S/C26H34N4O5S/c1-3-30(4-2)15-8-16-36(31,32)29-22(13-11-20-9-6-5-7-10-20)26-27-25(28-35-26)18-21-12-14-23-24(17-21)34-19-33-23/h5-7,9-10,12,14,17,22,29H,3-4,8,11,13,15-16,18-19H2,1-2H3/t22-/m1/s1. The largest absolute Gasteiger partial charge is 0.454 e. The maximum absolute atomic E-state index is 12.9. The lowest BCUT2D eigenvalue weighted by Gasteiger charge is -2.19. The summed E-state index contributed by atoms with van der Waals surface area (Å²) in [5, 5.41) is 4.12. The topological polar surface area (TPSA) is 107 Å². The van der Waals surface area contributed by atoms with Crippen molar-refractivity contribution in [1.82, 2.24) is 19.8 Å². The minimum Gasteiger partial charge on any atom is -0.454 e. The van der Waals surface area contributed by atoms with Crippen LogP contribution < -0.4 is 14.2 Å². The van der Waals surface area contributed by atoms with E-state index in [1.54, 1.807) is 0 Å². The molecule has 0 fully saturated rings. The fourth-order valence-corrected chi connectivity index (χ4v) is 5.48. The second-order valence-corrected chi connectivity index (χ2v) is 10.7. The first-order valence-electron chi connectivity index (χ1n) is 12.4. The van der Waals surface area contributed by atoms with Gasteiger partial charge in [0.15, 0.2) is 17.3 Å². The van der Waals surface area contributed by atoms with Gasteiger partial charge in [-0.15, -0.1) is 0 Å². The number of hydrogen-bond donors (Lipinski definition) is 1. The molecular formula is C26H34N4O5S. The Kier molecular flexibility index (Phi) is 8.95. The molecule has 9 nitrogen and oxygen atoms in total. The average Bonchev–Trinajstić information content (AvgIpc) is 3.54. The fourth-order valence-electron chi connectivity index (χ4n) is 4.20. The summed E-state index contributed by atoms with van der Waals surface area (Å²) in [6.07, 6.45) is 2.17. The van der Waals surface area contributed by atoms with Crippen LogP contribution in [0.1, 0.15) is 55.6 Å². The Labute approximate surface area is 212 Å². The van der Waals surface area contributed by atoms with Crippen LogP contribution in [0.5, 0.6) is 11.5 Å². The molecule has 2 heterocycles. The summed E-state index contributed by atoms with van der Waals surface area (Å²) in [6.45, 7) is 6.90. The van der Waals surface area contributed by atoms with Gasteiger partial charge in [-0.25, -0.2) is 13.1 Å². The van der Waals surface area contributed by atoms with E-state index in [1.807, 2.05) is 48.5 Å². The number of ether oxygens (including phenoxy) is 2. The summed E-state index contributed by atoms with van der Waals surface area (Å²) in [4.78, 5) is 6.76. The highest BCUT2D eigenvalue weighted by Gasteiger charge is 2.25. The lowest BCUT2D eigenvalue weighted by molar-refractivity contribution is 0.174. The molecule has 0 unspecified atom stereocenters. The van der Waals surface area contributed by atoms with Gasteiger partial charge in [0.1, 0.15) is 6.04 Å². The Balaban J connectivity index is 1.44. The first kappa shape index (κ1) is 26.1. The number of hydrogen-bond acceptors (Lipinski definition) is 8. The molecule has 1 aliphatic rings. The Bertz CT molecular complexity index is 1210. The average molecular weight is 515 g/mol. The highest BCUT2D eigenvalue weighted by Crippen LogP contribution is 2.33. The van der Waals surface area contributed by atoms with Gasteiger partial charge in [-0.2, -0.15) is 4.98 Å². The molecule has 1 atom stereocenters. The molecule has 36 heavy (non-hydrogen) atoms. The minimum atomic E-state index is -3.54. The van der Waals surface area contributed by atoms with E-state index in [1.165, 1.54) is 0 Å². The van der Waals surface area contributed by atoms with Crippen molar-refractivity contribution in [3.63, 3.8) is 0 Å². The van der Waals surface area contributed by atoms with Gasteiger partial charge in [0.2, 0.25) is 22.7 Å². The zero-order chi connectivity index (χ0) is 25.4. The monoisotopic (exact) mass is 514 g/mol. The molecule has 4 rings (SSSR count). The number of nitrogens with one attached hydrogen (secondary N) is 1. The summed E-state index contributed by atoms with van der Waals surface area (Å²) >= 11 is 0. The molecule has 0 spiro atoms. The van der Waals surface area contributed by atoms with Gasteiger partial charge in [-0.1, -0.05) is 55.4 Å². The summed E-state index contributed by atoms with van der Waals surface area (Å²) < 4.78 is 45.1. The zero-order valence-corrected chi connectivity index (χ0v) is 21.7. The number of aromatic nitrogens is 2. The van der Waals surface area contributed by atoms with Gasteiger partial charge in [-0.3, -0.25) is 0 Å². The van der Waals surface area contributed by atoms with Crippen LogP contribution in [0.25, 0.3) is 0 Å². The van der Waals surface area contributed by atoms with E-state index < -0.39 is 16.1 Å². The predicted molar refractivity (Wildman–Crippen MR) is 137 cm³/mol. The van der Waals surface area contributed by atoms with Crippen molar-refractivity contribution in [2.24, 2.45) is 0 Å². The van der Waals surface area contributed by atoms with Gasteiger partial charge >= 0.3 is 0 Å². The van der Waals surface area contributed by atoms with E-state index in [-0.39, 0.29) is 18.4 Å². The number of benzene rings is 2. The van der Waals surface area contributed by atoms with Gasteiger partial charge in [0, 0.05) is 6.42 Å². The van der Waals surface area contributed by atoms with Crippen LogP contribution in [0.4, 0.5) is 0 Å². The molecular weight excluding hydrogens is 480 g/mol. The first-order valence-corrected chi connectivity index (χ1v) is 14.1. The van der Waals surface area contributed by atoms with Crippen LogP contribution in [0.15, 0.2) is 53.1 Å². The molecule has 0 saturated carbocycles. The van der Waals surface area contributed by atoms with Crippen molar-refractivity contribution in [2.45, 2.75) is 45.6 Å². The van der Waals surface area contributed by atoms with Gasteiger partial charge in [0.05, 0.1) is 5.75 Å². The second-order valence-electron chi connectivity index (χ2n) is 8.81. The van der Waals surface area contributed by atoms with Crippen molar-refractivity contribution < 1.29 is 22.4 Å². The van der Waals surface area contributed by atoms with Crippen LogP contribution in [0, 0.1) is 0 Å². The fraction of sp³-hybridized carbons (Fsp3) is 0.462. The van der Waals surface area contributed by atoms with E-state index in [0.717, 1.165) is 30.8 Å². The maximum atomic E-state index is 12.9. The van der Waals surface area contributed by atoms with E-state index >= 15 is 0 Å². The number of rotatable bonds is 14. The molecule has 0 aliphatic carbocycles. The van der Waals surface area contributed by atoms with Crippen molar-refractivity contribution in [3.05, 3.63) is 71.4 Å². The normalized spacial score (nSPS) is 13.9. The van der Waals surface area contributed by atoms with Crippen LogP contribution >= 0.6 is 0 Å². The van der Waals surface area contributed by atoms with Crippen molar-refractivity contribution in [3.8, 4) is 11.5 Å². The molecule has 0 amide bonds. The summed E-state index contributed by atoms with van der Waals surface area (Å²) in [6, 6.07) is 15.0. The highest BCUT2D eigenvalue weighted by molar-refractivity contribution is 7.89. The van der Waals surface area contributed by atoms with Crippen molar-refractivity contribution in [1.29, 1.82) is 0 Å². The Hall–Kier alpha value is -2.95. The Morgan fingerprint density at radius 3 is 2.58 bits per heavy atom. The smallest absolute Gasteiger partial charge is 0.244 e. The summed E-state index contributed by atoms with van der Waals surface area (Å²) in [7, 11) is -3.54.